The lowest BCUT2D eigenvalue weighted by atomic mass is 10.1. The Balaban J connectivity index is 2.43. The minimum Gasteiger partial charge on any atom is -0.478 e. The van der Waals surface area contributed by atoms with Crippen LogP contribution in [-0.2, 0) is 11.3 Å². The summed E-state index contributed by atoms with van der Waals surface area (Å²) in [5.41, 5.74) is 1.23. The lowest BCUT2D eigenvalue weighted by Gasteiger charge is -2.11. The third-order valence-electron chi connectivity index (χ3n) is 2.88. The SMILES string of the molecule is COC(C)Cn1ccc2ccc(C(=O)O)cc21. The second kappa shape index (κ2) is 4.59. The maximum Gasteiger partial charge on any atom is 0.335 e. The summed E-state index contributed by atoms with van der Waals surface area (Å²) in [5, 5.41) is 10.0. The van der Waals surface area contributed by atoms with Gasteiger partial charge in [-0.25, -0.2) is 4.79 Å². The number of methoxy groups -OCH3 is 1. The molecule has 17 heavy (non-hydrogen) atoms. The minimum absolute atomic E-state index is 0.0964. The molecule has 0 saturated heterocycles. The maximum absolute atomic E-state index is 10.9. The second-order valence-electron chi connectivity index (χ2n) is 4.09. The number of fused-ring (bicyclic) bond motifs is 1. The van der Waals surface area contributed by atoms with Crippen molar-refractivity contribution in [2.24, 2.45) is 0 Å². The van der Waals surface area contributed by atoms with Crippen molar-refractivity contribution in [3.8, 4) is 0 Å². The lowest BCUT2D eigenvalue weighted by Crippen LogP contribution is -2.13. The van der Waals surface area contributed by atoms with Crippen LogP contribution in [0, 0.1) is 0 Å². The van der Waals surface area contributed by atoms with Crippen molar-refractivity contribution in [3.05, 3.63) is 36.0 Å². The molecule has 0 spiro atoms. The van der Waals surface area contributed by atoms with Gasteiger partial charge in [0.15, 0.2) is 0 Å². The van der Waals surface area contributed by atoms with Gasteiger partial charge in [0, 0.05) is 25.4 Å². The summed E-state index contributed by atoms with van der Waals surface area (Å²) in [6.07, 6.45) is 2.05. The van der Waals surface area contributed by atoms with E-state index in [4.69, 9.17) is 9.84 Å². The number of aromatic nitrogens is 1. The molecule has 2 aromatic rings. The van der Waals surface area contributed by atoms with Crippen molar-refractivity contribution in [2.45, 2.75) is 19.6 Å². The molecule has 1 atom stereocenters. The molecule has 0 radical (unpaired) electrons. The first-order valence-corrected chi connectivity index (χ1v) is 5.47. The highest BCUT2D eigenvalue weighted by atomic mass is 16.5. The second-order valence-corrected chi connectivity index (χ2v) is 4.09. The van der Waals surface area contributed by atoms with E-state index in [1.807, 2.05) is 29.8 Å². The van der Waals surface area contributed by atoms with Crippen LogP contribution in [0.25, 0.3) is 10.9 Å². The molecule has 0 saturated carbocycles. The Morgan fingerprint density at radius 2 is 2.24 bits per heavy atom. The normalized spacial score (nSPS) is 12.8. The van der Waals surface area contributed by atoms with Crippen LogP contribution in [0.3, 0.4) is 0 Å². The first kappa shape index (κ1) is 11.7. The first-order valence-electron chi connectivity index (χ1n) is 5.47. The number of aromatic carboxylic acids is 1. The summed E-state index contributed by atoms with van der Waals surface area (Å²) < 4.78 is 7.22. The van der Waals surface area contributed by atoms with Crippen LogP contribution in [0.15, 0.2) is 30.5 Å². The molecule has 1 aromatic heterocycles. The number of benzene rings is 1. The molecule has 1 N–H and O–H groups in total. The van der Waals surface area contributed by atoms with E-state index in [2.05, 4.69) is 0 Å². The van der Waals surface area contributed by atoms with Gasteiger partial charge in [-0.05, 0) is 30.5 Å². The van der Waals surface area contributed by atoms with Crippen LogP contribution in [0.2, 0.25) is 0 Å². The van der Waals surface area contributed by atoms with Gasteiger partial charge in [0.1, 0.15) is 0 Å². The molecule has 2 rings (SSSR count). The molecule has 0 aliphatic heterocycles. The van der Waals surface area contributed by atoms with Crippen LogP contribution in [-0.4, -0.2) is 28.9 Å². The van der Waals surface area contributed by atoms with Gasteiger partial charge in [0.2, 0.25) is 0 Å². The van der Waals surface area contributed by atoms with Crippen molar-refractivity contribution in [2.75, 3.05) is 7.11 Å². The van der Waals surface area contributed by atoms with Crippen molar-refractivity contribution < 1.29 is 14.6 Å². The molecule has 0 aliphatic rings. The number of nitrogens with zero attached hydrogens (tertiary/aromatic N) is 1. The molecule has 4 nitrogen and oxygen atoms in total. The van der Waals surface area contributed by atoms with Gasteiger partial charge in [-0.2, -0.15) is 0 Å². The predicted octanol–water partition coefficient (Wildman–Crippen LogP) is 2.37. The Hall–Kier alpha value is -1.81. The summed E-state index contributed by atoms with van der Waals surface area (Å²) >= 11 is 0. The molecular weight excluding hydrogens is 218 g/mol. The van der Waals surface area contributed by atoms with Gasteiger partial charge in [-0.3, -0.25) is 0 Å². The van der Waals surface area contributed by atoms with Crippen molar-refractivity contribution in [3.63, 3.8) is 0 Å². The van der Waals surface area contributed by atoms with Crippen molar-refractivity contribution in [1.82, 2.24) is 4.57 Å². The number of hydrogen-bond acceptors (Lipinski definition) is 2. The molecule has 0 bridgehead atoms. The average Bonchev–Trinajstić information content (AvgIpc) is 2.71. The highest BCUT2D eigenvalue weighted by Crippen LogP contribution is 2.18. The third kappa shape index (κ3) is 2.31. The monoisotopic (exact) mass is 233 g/mol. The van der Waals surface area contributed by atoms with E-state index in [9.17, 15) is 4.79 Å². The van der Waals surface area contributed by atoms with E-state index in [0.717, 1.165) is 10.9 Å². The van der Waals surface area contributed by atoms with E-state index >= 15 is 0 Å². The number of carboxylic acids is 1. The highest BCUT2D eigenvalue weighted by molar-refractivity contribution is 5.93. The van der Waals surface area contributed by atoms with E-state index in [1.165, 1.54) is 0 Å². The maximum atomic E-state index is 10.9. The van der Waals surface area contributed by atoms with Crippen LogP contribution in [0.1, 0.15) is 17.3 Å². The van der Waals surface area contributed by atoms with Gasteiger partial charge in [0.05, 0.1) is 11.7 Å². The third-order valence-corrected chi connectivity index (χ3v) is 2.88. The zero-order valence-corrected chi connectivity index (χ0v) is 9.88. The van der Waals surface area contributed by atoms with E-state index < -0.39 is 5.97 Å². The zero-order chi connectivity index (χ0) is 12.4. The number of carbonyl (C=O) groups is 1. The van der Waals surface area contributed by atoms with Crippen LogP contribution in [0.4, 0.5) is 0 Å². The fourth-order valence-electron chi connectivity index (χ4n) is 1.83. The Kier molecular flexibility index (Phi) is 3.15. The quantitative estimate of drug-likeness (QED) is 0.882. The Labute approximate surface area is 99.4 Å². The Bertz CT molecular complexity index is 545. The van der Waals surface area contributed by atoms with Crippen LogP contribution in [0.5, 0.6) is 0 Å². The largest absolute Gasteiger partial charge is 0.478 e. The summed E-state index contributed by atoms with van der Waals surface area (Å²) in [6, 6.07) is 7.12. The van der Waals surface area contributed by atoms with Gasteiger partial charge in [0.25, 0.3) is 0 Å². The Morgan fingerprint density at radius 3 is 2.88 bits per heavy atom. The number of hydrogen-bond donors (Lipinski definition) is 1. The summed E-state index contributed by atoms with van der Waals surface area (Å²) in [5.74, 6) is -0.903. The average molecular weight is 233 g/mol. The molecule has 90 valence electrons. The topological polar surface area (TPSA) is 51.5 Å². The standard InChI is InChI=1S/C13H15NO3/c1-9(17-2)8-14-6-5-10-3-4-11(13(15)16)7-12(10)14/h3-7,9H,8H2,1-2H3,(H,15,16). The van der Waals surface area contributed by atoms with Crippen LogP contribution < -0.4 is 0 Å². The van der Waals surface area contributed by atoms with E-state index in [1.54, 1.807) is 19.2 Å². The molecule has 0 aliphatic carbocycles. The zero-order valence-electron chi connectivity index (χ0n) is 9.88. The summed E-state index contributed by atoms with van der Waals surface area (Å²) in [7, 11) is 1.67. The molecule has 4 heteroatoms. The molecule has 0 amide bonds. The van der Waals surface area contributed by atoms with E-state index in [0.29, 0.717) is 12.1 Å². The summed E-state index contributed by atoms with van der Waals surface area (Å²) in [6.45, 7) is 2.69. The van der Waals surface area contributed by atoms with Gasteiger partial charge in [-0.15, -0.1) is 0 Å². The predicted molar refractivity (Wildman–Crippen MR) is 65.4 cm³/mol. The Morgan fingerprint density at radius 1 is 1.47 bits per heavy atom. The molecule has 1 aromatic carbocycles. The van der Waals surface area contributed by atoms with Gasteiger partial charge in [-0.1, -0.05) is 6.07 Å². The van der Waals surface area contributed by atoms with Crippen molar-refractivity contribution >= 4 is 16.9 Å². The first-order chi connectivity index (χ1) is 8.11. The molecular formula is C13H15NO3. The lowest BCUT2D eigenvalue weighted by molar-refractivity contribution is 0.0697. The molecule has 1 heterocycles. The van der Waals surface area contributed by atoms with Gasteiger partial charge >= 0.3 is 5.97 Å². The molecule has 0 fully saturated rings. The highest BCUT2D eigenvalue weighted by Gasteiger charge is 2.08. The fraction of sp³-hybridized carbons (Fsp3) is 0.308. The smallest absolute Gasteiger partial charge is 0.335 e. The van der Waals surface area contributed by atoms with E-state index in [-0.39, 0.29) is 6.10 Å². The van der Waals surface area contributed by atoms with Crippen molar-refractivity contribution in [1.29, 1.82) is 0 Å². The summed E-state index contributed by atoms with van der Waals surface area (Å²) in [4.78, 5) is 10.9. The number of carboxylic acid groups (broad SMARTS) is 1. The number of ether oxygens (including phenoxy) is 1. The van der Waals surface area contributed by atoms with Crippen LogP contribution >= 0.6 is 0 Å². The minimum atomic E-state index is -0.903. The number of rotatable bonds is 4. The fourth-order valence-corrected chi connectivity index (χ4v) is 1.83. The molecule has 1 unspecified atom stereocenters. The van der Waals surface area contributed by atoms with Gasteiger partial charge < -0.3 is 14.4 Å².